The van der Waals surface area contributed by atoms with Crippen LogP contribution in [-0.4, -0.2) is 27.4 Å². The van der Waals surface area contributed by atoms with Crippen LogP contribution in [0, 0.1) is 0 Å². The van der Waals surface area contributed by atoms with Crippen LogP contribution in [0.15, 0.2) is 24.5 Å². The molecule has 2 rings (SSSR count). The van der Waals surface area contributed by atoms with Crippen LogP contribution in [0.1, 0.15) is 16.2 Å². The van der Waals surface area contributed by atoms with Crippen LogP contribution < -0.4 is 0 Å². The third kappa shape index (κ3) is 1.40. The molecule has 0 atom stereocenters. The number of aromatic nitrogens is 2. The normalized spacial score (nSPS) is 10.6. The van der Waals surface area contributed by atoms with E-state index in [1.54, 1.807) is 24.5 Å². The zero-order valence-electron chi connectivity index (χ0n) is 7.55. The highest BCUT2D eigenvalue weighted by Crippen LogP contribution is 2.08. The summed E-state index contributed by atoms with van der Waals surface area (Å²) >= 11 is 0. The molecule has 4 nitrogen and oxygen atoms in total. The Balaban J connectivity index is 2.53. The van der Waals surface area contributed by atoms with Gasteiger partial charge in [0, 0.05) is 18.2 Å². The van der Waals surface area contributed by atoms with Gasteiger partial charge in [0.25, 0.3) is 0 Å². The highest BCUT2D eigenvalue weighted by Gasteiger charge is 2.02. The predicted molar refractivity (Wildman–Crippen MR) is 51.4 cm³/mol. The fourth-order valence-electron chi connectivity index (χ4n) is 1.43. The van der Waals surface area contributed by atoms with Gasteiger partial charge in [-0.15, -0.1) is 0 Å². The Labute approximate surface area is 80.8 Å². The lowest BCUT2D eigenvalue weighted by atomic mass is 10.3. The molecule has 0 amide bonds. The maximum absolute atomic E-state index is 10.5. The molecule has 0 aliphatic rings. The van der Waals surface area contributed by atoms with E-state index in [0.717, 1.165) is 17.6 Å². The molecule has 0 aromatic carbocycles. The maximum Gasteiger partial charge on any atom is 0.150 e. The lowest BCUT2D eigenvalue weighted by Crippen LogP contribution is -1.98. The molecule has 2 heterocycles. The van der Waals surface area contributed by atoms with E-state index in [9.17, 15) is 4.79 Å². The summed E-state index contributed by atoms with van der Waals surface area (Å²) in [7, 11) is 0. The minimum Gasteiger partial charge on any atom is -0.396 e. The van der Waals surface area contributed by atoms with Crippen molar-refractivity contribution in [1.82, 2.24) is 9.38 Å². The molecular weight excluding hydrogens is 180 g/mol. The fraction of sp³-hybridized carbons (Fsp3) is 0.200. The van der Waals surface area contributed by atoms with Crippen molar-refractivity contribution in [3.8, 4) is 0 Å². The summed E-state index contributed by atoms with van der Waals surface area (Å²) in [6.07, 6.45) is 4.81. The van der Waals surface area contributed by atoms with Gasteiger partial charge in [-0.25, -0.2) is 4.98 Å². The molecule has 1 N–H and O–H groups in total. The van der Waals surface area contributed by atoms with Crippen molar-refractivity contribution in [2.75, 3.05) is 6.61 Å². The van der Waals surface area contributed by atoms with Gasteiger partial charge >= 0.3 is 0 Å². The summed E-state index contributed by atoms with van der Waals surface area (Å²) in [4.78, 5) is 14.7. The molecular formula is C10H10N2O2. The van der Waals surface area contributed by atoms with Gasteiger partial charge in [0.2, 0.25) is 0 Å². The van der Waals surface area contributed by atoms with Gasteiger partial charge in [0.15, 0.2) is 0 Å². The Morgan fingerprint density at radius 3 is 3.14 bits per heavy atom. The van der Waals surface area contributed by atoms with Gasteiger partial charge in [0.1, 0.15) is 12.1 Å². The van der Waals surface area contributed by atoms with Crippen molar-refractivity contribution in [3.63, 3.8) is 0 Å². The Bertz CT molecular complexity index is 462. The van der Waals surface area contributed by atoms with Crippen LogP contribution >= 0.6 is 0 Å². The molecule has 2 aromatic heterocycles. The number of hydrogen-bond donors (Lipinski definition) is 1. The standard InChI is InChI=1S/C10H10N2O2/c13-4-2-10-11-6-9-5-8(7-14)1-3-12(9)10/h1,3,5-7,13H,2,4H2. The Hall–Kier alpha value is -1.68. The van der Waals surface area contributed by atoms with Gasteiger partial charge in [0.05, 0.1) is 18.3 Å². The van der Waals surface area contributed by atoms with Gasteiger partial charge in [-0.2, -0.15) is 0 Å². The molecule has 4 heteroatoms. The summed E-state index contributed by atoms with van der Waals surface area (Å²) in [5, 5.41) is 8.79. The van der Waals surface area contributed by atoms with Gasteiger partial charge < -0.3 is 9.51 Å². The molecule has 14 heavy (non-hydrogen) atoms. The van der Waals surface area contributed by atoms with Crippen LogP contribution in [0.4, 0.5) is 0 Å². The smallest absolute Gasteiger partial charge is 0.150 e. The first-order chi connectivity index (χ1) is 6.85. The highest BCUT2D eigenvalue weighted by molar-refractivity contribution is 5.77. The minimum atomic E-state index is 0.0779. The topological polar surface area (TPSA) is 54.6 Å². The first-order valence-electron chi connectivity index (χ1n) is 4.37. The van der Waals surface area contributed by atoms with E-state index in [-0.39, 0.29) is 6.61 Å². The Morgan fingerprint density at radius 1 is 1.57 bits per heavy atom. The number of carbonyl (C=O) groups excluding carboxylic acids is 1. The molecule has 0 unspecified atom stereocenters. The van der Waals surface area contributed by atoms with Gasteiger partial charge in [-0.3, -0.25) is 4.79 Å². The molecule has 0 radical (unpaired) electrons. The van der Waals surface area contributed by atoms with E-state index < -0.39 is 0 Å². The second kappa shape index (κ2) is 3.59. The molecule has 0 bridgehead atoms. The molecule has 0 spiro atoms. The first-order valence-corrected chi connectivity index (χ1v) is 4.37. The van der Waals surface area contributed by atoms with Crippen molar-refractivity contribution in [1.29, 1.82) is 0 Å². The van der Waals surface area contributed by atoms with E-state index in [1.165, 1.54) is 0 Å². The summed E-state index contributed by atoms with van der Waals surface area (Å²) < 4.78 is 1.86. The van der Waals surface area contributed by atoms with Crippen LogP contribution in [0.3, 0.4) is 0 Å². The number of pyridine rings is 1. The van der Waals surface area contributed by atoms with E-state index in [2.05, 4.69) is 4.98 Å². The number of aliphatic hydroxyl groups is 1. The Kier molecular flexibility index (Phi) is 2.28. The molecule has 0 fully saturated rings. The second-order valence-electron chi connectivity index (χ2n) is 3.02. The molecule has 2 aromatic rings. The molecule has 0 aliphatic carbocycles. The zero-order chi connectivity index (χ0) is 9.97. The van der Waals surface area contributed by atoms with Crippen molar-refractivity contribution >= 4 is 11.8 Å². The van der Waals surface area contributed by atoms with E-state index in [4.69, 9.17) is 5.11 Å². The SMILES string of the molecule is O=Cc1ccn2c(CCO)ncc2c1. The Morgan fingerprint density at radius 2 is 2.43 bits per heavy atom. The quantitative estimate of drug-likeness (QED) is 0.724. The van der Waals surface area contributed by atoms with Gasteiger partial charge in [-0.1, -0.05) is 0 Å². The maximum atomic E-state index is 10.5. The van der Waals surface area contributed by atoms with Gasteiger partial charge in [-0.05, 0) is 12.1 Å². The number of fused-ring (bicyclic) bond motifs is 1. The highest BCUT2D eigenvalue weighted by atomic mass is 16.3. The van der Waals surface area contributed by atoms with Crippen molar-refractivity contribution in [3.05, 3.63) is 35.9 Å². The third-order valence-corrected chi connectivity index (χ3v) is 2.10. The number of aldehydes is 1. The third-order valence-electron chi connectivity index (χ3n) is 2.10. The van der Waals surface area contributed by atoms with Crippen LogP contribution in [-0.2, 0) is 6.42 Å². The second-order valence-corrected chi connectivity index (χ2v) is 3.02. The number of carbonyl (C=O) groups is 1. The van der Waals surface area contributed by atoms with Crippen molar-refractivity contribution in [2.45, 2.75) is 6.42 Å². The lowest BCUT2D eigenvalue weighted by molar-refractivity contribution is 0.112. The van der Waals surface area contributed by atoms with Crippen LogP contribution in [0.2, 0.25) is 0 Å². The fourth-order valence-corrected chi connectivity index (χ4v) is 1.43. The van der Waals surface area contributed by atoms with Crippen molar-refractivity contribution in [2.24, 2.45) is 0 Å². The first kappa shape index (κ1) is 8.90. The predicted octanol–water partition coefficient (Wildman–Crippen LogP) is 0.682. The molecule has 0 saturated carbocycles. The number of aliphatic hydroxyl groups excluding tert-OH is 1. The molecule has 72 valence electrons. The molecule has 0 saturated heterocycles. The number of hydrogen-bond acceptors (Lipinski definition) is 3. The van der Waals surface area contributed by atoms with Crippen LogP contribution in [0.25, 0.3) is 5.52 Å². The summed E-state index contributed by atoms with van der Waals surface area (Å²) in [6.45, 7) is 0.0779. The summed E-state index contributed by atoms with van der Waals surface area (Å²) in [5.74, 6) is 0.806. The van der Waals surface area contributed by atoms with E-state index in [0.29, 0.717) is 12.0 Å². The average Bonchev–Trinajstić information content (AvgIpc) is 2.61. The lowest BCUT2D eigenvalue weighted by Gasteiger charge is -1.98. The minimum absolute atomic E-state index is 0.0779. The number of imidazole rings is 1. The van der Waals surface area contributed by atoms with E-state index in [1.807, 2.05) is 4.40 Å². The largest absolute Gasteiger partial charge is 0.396 e. The van der Waals surface area contributed by atoms with Crippen molar-refractivity contribution < 1.29 is 9.90 Å². The summed E-state index contributed by atoms with van der Waals surface area (Å²) in [5.41, 5.74) is 1.51. The van der Waals surface area contributed by atoms with Crippen LogP contribution in [0.5, 0.6) is 0 Å². The monoisotopic (exact) mass is 190 g/mol. The summed E-state index contributed by atoms with van der Waals surface area (Å²) in [6, 6.07) is 3.49. The zero-order valence-corrected chi connectivity index (χ0v) is 7.55. The number of rotatable bonds is 3. The average molecular weight is 190 g/mol. The number of nitrogens with zero attached hydrogens (tertiary/aromatic N) is 2. The van der Waals surface area contributed by atoms with E-state index >= 15 is 0 Å². The molecule has 0 aliphatic heterocycles.